The van der Waals surface area contributed by atoms with Crippen LogP contribution < -0.4 is 21.5 Å². The molecule has 0 radical (unpaired) electrons. The number of aromatic nitrogens is 1. The second-order valence-electron chi connectivity index (χ2n) is 5.60. The molecule has 22 heavy (non-hydrogen) atoms. The average Bonchev–Trinajstić information content (AvgIpc) is 2.73. The van der Waals surface area contributed by atoms with Gasteiger partial charge in [-0.05, 0) is 12.8 Å². The van der Waals surface area contributed by atoms with Crippen LogP contribution in [0.15, 0.2) is 41.7 Å². The molecule has 1 fully saturated rings. The first-order valence-corrected chi connectivity index (χ1v) is 7.68. The van der Waals surface area contributed by atoms with Gasteiger partial charge >= 0.3 is 0 Å². The normalized spacial score (nSPS) is 23.9. The summed E-state index contributed by atoms with van der Waals surface area (Å²) in [5.41, 5.74) is 0. The summed E-state index contributed by atoms with van der Waals surface area (Å²) in [7, 11) is 0. The number of pyridine rings is 1. The molecule has 0 aromatic carbocycles. The van der Waals surface area contributed by atoms with Crippen LogP contribution in [0, 0.1) is 11.8 Å². The van der Waals surface area contributed by atoms with Gasteiger partial charge in [0, 0.05) is 30.1 Å². The Hall–Kier alpha value is -1.20. The van der Waals surface area contributed by atoms with Crippen molar-refractivity contribution in [3.8, 4) is 0 Å². The molecule has 2 unspecified atom stereocenters. The van der Waals surface area contributed by atoms with Crippen molar-refractivity contribution in [3.05, 3.63) is 41.7 Å². The van der Waals surface area contributed by atoms with E-state index in [-0.39, 0.29) is 40.6 Å². The number of carbonyl (C=O) groups is 2. The highest BCUT2D eigenvalue weighted by Gasteiger charge is 2.47. The lowest BCUT2D eigenvalue weighted by atomic mass is 9.85. The van der Waals surface area contributed by atoms with Crippen molar-refractivity contribution < 1.29 is 31.1 Å². The maximum Gasteiger partial charge on any atom is 0.233 e. The fourth-order valence-electron chi connectivity index (χ4n) is 3.11. The highest BCUT2D eigenvalue weighted by atomic mass is 79.9. The van der Waals surface area contributed by atoms with Crippen LogP contribution in [-0.2, 0) is 16.1 Å². The van der Waals surface area contributed by atoms with E-state index in [0.717, 1.165) is 13.0 Å². The van der Waals surface area contributed by atoms with Crippen LogP contribution in [0.1, 0.15) is 19.3 Å². The van der Waals surface area contributed by atoms with Crippen LogP contribution in [0.3, 0.4) is 0 Å². The van der Waals surface area contributed by atoms with E-state index in [1.54, 1.807) is 0 Å². The molecule has 0 saturated carbocycles. The van der Waals surface area contributed by atoms with E-state index in [1.165, 1.54) is 4.90 Å². The minimum atomic E-state index is -0.237. The van der Waals surface area contributed by atoms with Gasteiger partial charge in [0.15, 0.2) is 12.4 Å². The fraction of sp³-hybridized carbons (Fsp3) is 0.438. The molecule has 4 nitrogen and oxygen atoms in total. The lowest BCUT2D eigenvalue weighted by Gasteiger charge is -2.17. The average molecular weight is 386 g/mol. The Bertz CT molecular complexity index is 591. The number of aryl methyl sites for hydroxylation is 1. The summed E-state index contributed by atoms with van der Waals surface area (Å²) in [5.74, 6) is -0.499. The van der Waals surface area contributed by atoms with Crippen molar-refractivity contribution in [1.82, 2.24) is 4.90 Å². The van der Waals surface area contributed by atoms with Gasteiger partial charge in [-0.3, -0.25) is 14.5 Å². The number of fused-ring (bicyclic) bond motifs is 1. The number of nitrogens with zero attached hydrogens (tertiary/aromatic N) is 2. The third kappa shape index (κ3) is 3.41. The molecule has 1 aliphatic heterocycles. The Morgan fingerprint density at radius 2 is 1.82 bits per heavy atom. The molecule has 1 saturated heterocycles. The summed E-state index contributed by atoms with van der Waals surface area (Å²) >= 11 is 6.00. The van der Waals surface area contributed by atoms with E-state index in [2.05, 4.69) is 4.57 Å². The van der Waals surface area contributed by atoms with Crippen molar-refractivity contribution in [3.63, 3.8) is 0 Å². The molecular weight excluding hydrogens is 368 g/mol. The van der Waals surface area contributed by atoms with Crippen LogP contribution >= 0.6 is 11.6 Å². The maximum atomic E-state index is 12.4. The first-order valence-electron chi connectivity index (χ1n) is 7.30. The van der Waals surface area contributed by atoms with Crippen LogP contribution in [0.4, 0.5) is 0 Å². The highest BCUT2D eigenvalue weighted by molar-refractivity contribution is 6.30. The van der Waals surface area contributed by atoms with Gasteiger partial charge in [0.2, 0.25) is 11.8 Å². The predicted molar refractivity (Wildman–Crippen MR) is 78.1 cm³/mol. The zero-order valence-electron chi connectivity index (χ0n) is 12.1. The Balaban J connectivity index is 0.00000176. The van der Waals surface area contributed by atoms with E-state index in [0.29, 0.717) is 24.4 Å². The van der Waals surface area contributed by atoms with E-state index in [4.69, 9.17) is 11.6 Å². The molecule has 1 aromatic heterocycles. The molecule has 2 amide bonds. The number of amides is 2. The molecule has 0 bridgehead atoms. The Morgan fingerprint density at radius 1 is 1.14 bits per heavy atom. The molecule has 1 aromatic rings. The number of halogens is 2. The third-order valence-corrected chi connectivity index (χ3v) is 4.54. The fourth-order valence-corrected chi connectivity index (χ4v) is 3.37. The van der Waals surface area contributed by atoms with Crippen LogP contribution in [-0.4, -0.2) is 23.3 Å². The van der Waals surface area contributed by atoms with Crippen molar-refractivity contribution >= 4 is 23.4 Å². The van der Waals surface area contributed by atoms with Crippen LogP contribution in [0.25, 0.3) is 0 Å². The minimum absolute atomic E-state index is 0. The first-order chi connectivity index (χ1) is 10.2. The summed E-state index contributed by atoms with van der Waals surface area (Å²) in [6, 6.07) is 5.90. The number of imide groups is 1. The SMILES string of the molecule is O=C1C2CC=C(Cl)CC2C(=O)N1CCC[n+]1ccccc1.[Br-]. The quantitative estimate of drug-likeness (QED) is 0.487. The van der Waals surface area contributed by atoms with E-state index < -0.39 is 0 Å². The second-order valence-corrected chi connectivity index (χ2v) is 6.08. The minimum Gasteiger partial charge on any atom is -1.00 e. The van der Waals surface area contributed by atoms with Crippen molar-refractivity contribution in [2.75, 3.05) is 6.54 Å². The number of likely N-dealkylation sites (tertiary alicyclic amines) is 1. The Labute approximate surface area is 145 Å². The van der Waals surface area contributed by atoms with Gasteiger partial charge in [0.25, 0.3) is 0 Å². The summed E-state index contributed by atoms with van der Waals surface area (Å²) in [5, 5.41) is 0.707. The van der Waals surface area contributed by atoms with Crippen molar-refractivity contribution in [2.45, 2.75) is 25.8 Å². The smallest absolute Gasteiger partial charge is 0.233 e. The number of hydrogen-bond donors (Lipinski definition) is 0. The largest absolute Gasteiger partial charge is 1.00 e. The molecule has 0 N–H and O–H groups in total. The second kappa shape index (κ2) is 7.38. The Morgan fingerprint density at radius 3 is 2.55 bits per heavy atom. The van der Waals surface area contributed by atoms with Crippen LogP contribution in [0.5, 0.6) is 0 Å². The number of rotatable bonds is 4. The van der Waals surface area contributed by atoms with Gasteiger partial charge < -0.3 is 17.0 Å². The number of hydrogen-bond acceptors (Lipinski definition) is 2. The standard InChI is InChI=1S/C16H18ClN2O2.BrH/c17-12-5-6-13-14(11-12)16(21)19(15(13)20)10-4-9-18-7-2-1-3-8-18;/h1-3,5,7-8,13-14H,4,6,9-11H2;1H/q+1;/p-1. The zero-order chi connectivity index (χ0) is 14.8. The summed E-state index contributed by atoms with van der Waals surface area (Å²) < 4.78 is 2.05. The topological polar surface area (TPSA) is 41.3 Å². The molecule has 2 atom stereocenters. The maximum absolute atomic E-state index is 12.4. The first kappa shape index (κ1) is 17.2. The monoisotopic (exact) mass is 384 g/mol. The zero-order valence-corrected chi connectivity index (χ0v) is 14.5. The van der Waals surface area contributed by atoms with Gasteiger partial charge in [-0.25, -0.2) is 4.57 Å². The van der Waals surface area contributed by atoms with E-state index in [9.17, 15) is 9.59 Å². The molecule has 1 aliphatic carbocycles. The molecule has 2 aliphatic rings. The van der Waals surface area contributed by atoms with Gasteiger partial charge in [0.05, 0.1) is 11.8 Å². The number of allylic oxidation sites excluding steroid dienone is 2. The highest BCUT2D eigenvalue weighted by Crippen LogP contribution is 2.38. The molecule has 6 heteroatoms. The van der Waals surface area contributed by atoms with Crippen LogP contribution in [0.2, 0.25) is 0 Å². The third-order valence-electron chi connectivity index (χ3n) is 4.24. The van der Waals surface area contributed by atoms with Gasteiger partial charge in [0.1, 0.15) is 6.54 Å². The van der Waals surface area contributed by atoms with E-state index in [1.807, 2.05) is 36.7 Å². The molecule has 0 spiro atoms. The van der Waals surface area contributed by atoms with E-state index >= 15 is 0 Å². The van der Waals surface area contributed by atoms with Gasteiger partial charge in [-0.15, -0.1) is 0 Å². The lowest BCUT2D eigenvalue weighted by molar-refractivity contribution is -0.697. The Kier molecular flexibility index (Phi) is 5.75. The molecule has 3 rings (SSSR count). The molecule has 118 valence electrons. The van der Waals surface area contributed by atoms with Gasteiger partial charge in [-0.1, -0.05) is 23.7 Å². The van der Waals surface area contributed by atoms with Gasteiger partial charge in [-0.2, -0.15) is 0 Å². The lowest BCUT2D eigenvalue weighted by Crippen LogP contribution is -3.00. The predicted octanol–water partition coefficient (Wildman–Crippen LogP) is -1.11. The van der Waals surface area contributed by atoms with Crippen molar-refractivity contribution in [1.29, 1.82) is 0 Å². The molecular formula is C16H18BrClN2O2. The summed E-state index contributed by atoms with van der Waals surface area (Å²) in [6.07, 6.45) is 7.72. The summed E-state index contributed by atoms with van der Waals surface area (Å²) in [6.45, 7) is 1.29. The number of carbonyl (C=O) groups excluding carboxylic acids is 2. The van der Waals surface area contributed by atoms with Crippen molar-refractivity contribution in [2.24, 2.45) is 11.8 Å². The summed E-state index contributed by atoms with van der Waals surface area (Å²) in [4.78, 5) is 26.1. The molecule has 2 heterocycles.